The van der Waals surface area contributed by atoms with Crippen LogP contribution in [0.1, 0.15) is 38.8 Å². The van der Waals surface area contributed by atoms with Crippen molar-refractivity contribution in [2.45, 2.75) is 34.1 Å². The van der Waals surface area contributed by atoms with Crippen molar-refractivity contribution in [3.05, 3.63) is 151 Å². The van der Waals surface area contributed by atoms with Gasteiger partial charge in [0.25, 0.3) is 0 Å². The molecule has 0 fully saturated rings. The van der Waals surface area contributed by atoms with Crippen LogP contribution < -0.4 is 0 Å². The van der Waals surface area contributed by atoms with Crippen LogP contribution in [0, 0.1) is 0 Å². The second-order valence-electron chi connectivity index (χ2n) is 9.75. The summed E-state index contributed by atoms with van der Waals surface area (Å²) in [5, 5.41) is 7.66. The first kappa shape index (κ1) is 27.9. The number of hydrogen-bond acceptors (Lipinski definition) is 0. The average Bonchev–Trinajstić information content (AvgIpc) is 3.04. The zero-order valence-corrected chi connectivity index (χ0v) is 24.6. The number of benzene rings is 6. The molecule has 6 aromatic carbocycles. The molecule has 0 N–H and O–H groups in total. The normalized spacial score (nSPS) is 13.7. The van der Waals surface area contributed by atoms with Crippen molar-refractivity contribution in [2.75, 3.05) is 0 Å². The van der Waals surface area contributed by atoms with E-state index >= 15 is 0 Å². The van der Waals surface area contributed by atoms with E-state index in [4.69, 9.17) is 0 Å². The number of fused-ring (bicyclic) bond motifs is 4. The first-order chi connectivity index (χ1) is 20.3. The highest BCUT2D eigenvalue weighted by Gasteiger charge is 2.19. The Hall–Kier alpha value is -4.68. The molecular weight excluding hydrogens is 492 g/mol. The molecule has 0 bridgehead atoms. The largest absolute Gasteiger partial charge is 0.0911 e. The third-order valence-electron chi connectivity index (χ3n) is 7.63. The maximum absolute atomic E-state index is 4.37. The minimum Gasteiger partial charge on any atom is -0.0911 e. The Kier molecular flexibility index (Phi) is 8.61. The average molecular weight is 531 g/mol. The van der Waals surface area contributed by atoms with Gasteiger partial charge in [0.2, 0.25) is 0 Å². The van der Waals surface area contributed by atoms with Gasteiger partial charge in [0, 0.05) is 0 Å². The van der Waals surface area contributed by atoms with Gasteiger partial charge in [-0.15, -0.1) is 0 Å². The summed E-state index contributed by atoms with van der Waals surface area (Å²) in [6, 6.07) is 39.9. The fraction of sp³-hybridized carbons (Fsp3) is 0.122. The van der Waals surface area contributed by atoms with Gasteiger partial charge in [0.05, 0.1) is 0 Å². The van der Waals surface area contributed by atoms with Crippen molar-refractivity contribution in [1.29, 1.82) is 0 Å². The van der Waals surface area contributed by atoms with Gasteiger partial charge in [-0.2, -0.15) is 0 Å². The van der Waals surface area contributed by atoms with Crippen molar-refractivity contribution >= 4 is 37.9 Å². The van der Waals surface area contributed by atoms with Crippen LogP contribution >= 0.6 is 0 Å². The predicted octanol–water partition coefficient (Wildman–Crippen LogP) is 12.2. The number of hydrogen-bond donors (Lipinski definition) is 0. The molecule has 0 spiro atoms. The Labute approximate surface area is 245 Å². The monoisotopic (exact) mass is 530 g/mol. The molecule has 202 valence electrons. The van der Waals surface area contributed by atoms with Gasteiger partial charge in [0.15, 0.2) is 0 Å². The summed E-state index contributed by atoms with van der Waals surface area (Å²) < 4.78 is 0. The van der Waals surface area contributed by atoms with Crippen LogP contribution in [0.4, 0.5) is 0 Å². The van der Waals surface area contributed by atoms with Crippen molar-refractivity contribution in [1.82, 2.24) is 0 Å². The zero-order chi connectivity index (χ0) is 28.8. The first-order valence-corrected chi connectivity index (χ1v) is 14.9. The Balaban J connectivity index is 0.000000810. The van der Waals surface area contributed by atoms with E-state index in [1.54, 1.807) is 0 Å². The topological polar surface area (TPSA) is 0 Å². The SMILES string of the molecule is C=C1/C=C\C=C/Cc2c1cccc2-c1c2ccccc2c(-c2ccc3ccccc3c2)c2ccccc12.CC.CC. The molecule has 0 heteroatoms. The molecule has 1 aliphatic rings. The molecule has 0 unspecified atom stereocenters. The summed E-state index contributed by atoms with van der Waals surface area (Å²) in [4.78, 5) is 0. The second-order valence-corrected chi connectivity index (χ2v) is 9.75. The smallest absolute Gasteiger partial charge is 0.00233 e. The Morgan fingerprint density at radius 3 is 1.73 bits per heavy atom. The molecule has 0 radical (unpaired) electrons. The quantitative estimate of drug-likeness (QED) is 0.195. The molecule has 6 aromatic rings. The van der Waals surface area contributed by atoms with Gasteiger partial charge >= 0.3 is 0 Å². The maximum Gasteiger partial charge on any atom is -0.00233 e. The highest BCUT2D eigenvalue weighted by Crippen LogP contribution is 2.45. The standard InChI is InChI=1S/C37H26.2C2H6/c1-25-12-3-2-4-15-30-29(25)20-11-21-31(30)37-34-18-9-7-16-32(34)36(33-17-8-10-19-35(33)37)28-23-22-26-13-5-6-14-27(26)24-28;2*1-2/h2-14,16-24H,1,15H2;2*1-2H3/b4-2-,12-3-;;. The van der Waals surface area contributed by atoms with Crippen LogP contribution in [0.15, 0.2) is 140 Å². The fourth-order valence-electron chi connectivity index (χ4n) is 5.94. The van der Waals surface area contributed by atoms with Crippen LogP contribution in [0.25, 0.3) is 60.1 Å². The molecule has 0 aromatic heterocycles. The van der Waals surface area contributed by atoms with Gasteiger partial charge < -0.3 is 0 Å². The first-order valence-electron chi connectivity index (χ1n) is 14.9. The van der Waals surface area contributed by atoms with E-state index in [1.165, 1.54) is 65.7 Å². The minimum atomic E-state index is 0.879. The van der Waals surface area contributed by atoms with E-state index in [-0.39, 0.29) is 0 Å². The van der Waals surface area contributed by atoms with Gasteiger partial charge in [-0.3, -0.25) is 0 Å². The van der Waals surface area contributed by atoms with Crippen LogP contribution in [-0.4, -0.2) is 0 Å². The lowest BCUT2D eigenvalue weighted by Gasteiger charge is -2.21. The summed E-state index contributed by atoms with van der Waals surface area (Å²) in [5.41, 5.74) is 8.76. The highest BCUT2D eigenvalue weighted by molar-refractivity contribution is 6.22. The Morgan fingerprint density at radius 1 is 0.512 bits per heavy atom. The molecule has 0 aliphatic heterocycles. The van der Waals surface area contributed by atoms with Gasteiger partial charge in [-0.1, -0.05) is 162 Å². The van der Waals surface area contributed by atoms with Crippen molar-refractivity contribution in [3.63, 3.8) is 0 Å². The summed E-state index contributed by atoms with van der Waals surface area (Å²) >= 11 is 0. The van der Waals surface area contributed by atoms with E-state index in [0.717, 1.165) is 12.0 Å². The highest BCUT2D eigenvalue weighted by atomic mass is 14.2. The lowest BCUT2D eigenvalue weighted by Crippen LogP contribution is -1.98. The van der Waals surface area contributed by atoms with E-state index in [9.17, 15) is 0 Å². The van der Waals surface area contributed by atoms with Crippen LogP contribution in [0.3, 0.4) is 0 Å². The summed E-state index contributed by atoms with van der Waals surface area (Å²) in [5.74, 6) is 0. The third-order valence-corrected chi connectivity index (χ3v) is 7.63. The number of rotatable bonds is 2. The van der Waals surface area contributed by atoms with E-state index < -0.39 is 0 Å². The van der Waals surface area contributed by atoms with Crippen LogP contribution in [-0.2, 0) is 6.42 Å². The van der Waals surface area contributed by atoms with Crippen molar-refractivity contribution < 1.29 is 0 Å². The van der Waals surface area contributed by atoms with Crippen molar-refractivity contribution in [3.8, 4) is 22.3 Å². The number of allylic oxidation sites excluding steroid dienone is 5. The predicted molar refractivity (Wildman–Crippen MR) is 184 cm³/mol. The summed E-state index contributed by atoms with van der Waals surface area (Å²) in [7, 11) is 0. The van der Waals surface area contributed by atoms with E-state index in [0.29, 0.717) is 0 Å². The third kappa shape index (κ3) is 5.14. The Bertz CT molecular complexity index is 1860. The van der Waals surface area contributed by atoms with Crippen molar-refractivity contribution in [2.24, 2.45) is 0 Å². The Morgan fingerprint density at radius 2 is 1.07 bits per heavy atom. The lowest BCUT2D eigenvalue weighted by atomic mass is 9.82. The molecule has 0 saturated carbocycles. The molecule has 0 heterocycles. The zero-order valence-electron chi connectivity index (χ0n) is 24.6. The lowest BCUT2D eigenvalue weighted by molar-refractivity contribution is 1.25. The molecular formula is C41H38. The van der Waals surface area contributed by atoms with E-state index in [2.05, 4.69) is 140 Å². The molecule has 1 aliphatic carbocycles. The van der Waals surface area contributed by atoms with Gasteiger partial charge in [0.1, 0.15) is 0 Å². The molecule has 0 atom stereocenters. The molecule has 0 saturated heterocycles. The van der Waals surface area contributed by atoms with Gasteiger partial charge in [-0.05, 0) is 83.8 Å². The van der Waals surface area contributed by atoms with Crippen LogP contribution in [0.5, 0.6) is 0 Å². The molecule has 7 rings (SSSR count). The van der Waals surface area contributed by atoms with Crippen LogP contribution in [0.2, 0.25) is 0 Å². The second kappa shape index (κ2) is 12.7. The maximum atomic E-state index is 4.37. The molecule has 0 amide bonds. The molecule has 41 heavy (non-hydrogen) atoms. The minimum absolute atomic E-state index is 0.879. The summed E-state index contributed by atoms with van der Waals surface area (Å²) in [6.45, 7) is 12.4. The van der Waals surface area contributed by atoms with Gasteiger partial charge in [-0.25, -0.2) is 0 Å². The summed E-state index contributed by atoms with van der Waals surface area (Å²) in [6.07, 6.45) is 9.45. The molecule has 0 nitrogen and oxygen atoms in total. The van der Waals surface area contributed by atoms with E-state index in [1.807, 2.05) is 27.7 Å². The fourth-order valence-corrected chi connectivity index (χ4v) is 5.94.